The number of halogens is 1. The minimum Gasteiger partial charge on any atom is -0.466 e. The zero-order valence-electron chi connectivity index (χ0n) is 15.3. The molecule has 9 heteroatoms. The zero-order valence-corrected chi connectivity index (χ0v) is 16.2. The number of carbonyl (C=O) groups excluding carboxylic acids is 1. The maximum Gasteiger partial charge on any atom is 0.310 e. The van der Waals surface area contributed by atoms with Gasteiger partial charge >= 0.3 is 5.97 Å². The Balaban J connectivity index is 1.70. The third-order valence-electron chi connectivity index (χ3n) is 4.93. The molecule has 1 aromatic carbocycles. The van der Waals surface area contributed by atoms with E-state index in [-0.39, 0.29) is 44.6 Å². The van der Waals surface area contributed by atoms with E-state index >= 15 is 0 Å². The van der Waals surface area contributed by atoms with Gasteiger partial charge in [-0.25, -0.2) is 4.39 Å². The molecule has 0 amide bonds. The summed E-state index contributed by atoms with van der Waals surface area (Å²) in [6, 6.07) is 5.88. The van der Waals surface area contributed by atoms with Gasteiger partial charge in [0.15, 0.2) is 0 Å². The lowest BCUT2D eigenvalue weighted by molar-refractivity contribution is -0.149. The molecule has 2 aliphatic heterocycles. The molecule has 0 unspecified atom stereocenters. The molecule has 0 aliphatic carbocycles. The molecular weight excluding hydrogens is 375 g/mol. The molecule has 2 saturated heterocycles. The third-order valence-corrected chi connectivity index (χ3v) is 6.90. The minimum absolute atomic E-state index is 0.139. The summed E-state index contributed by atoms with van der Waals surface area (Å²) in [6.07, 6.45) is 0.806. The van der Waals surface area contributed by atoms with Crippen molar-refractivity contribution in [3.05, 3.63) is 35.6 Å². The molecule has 150 valence electrons. The number of esters is 1. The van der Waals surface area contributed by atoms with Crippen molar-refractivity contribution < 1.29 is 27.1 Å². The number of piperidine rings is 1. The van der Waals surface area contributed by atoms with Crippen molar-refractivity contribution in [2.75, 3.05) is 39.4 Å². The Morgan fingerprint density at radius 1 is 1.22 bits per heavy atom. The highest BCUT2D eigenvalue weighted by molar-refractivity contribution is 7.86. The van der Waals surface area contributed by atoms with Crippen LogP contribution in [-0.4, -0.2) is 62.4 Å². The average Bonchev–Trinajstić information content (AvgIpc) is 2.69. The van der Waals surface area contributed by atoms with E-state index < -0.39 is 22.2 Å². The number of carbonyl (C=O) groups is 1. The number of rotatable bonds is 5. The average molecular weight is 400 g/mol. The lowest BCUT2D eigenvalue weighted by Gasteiger charge is -2.38. The zero-order chi connectivity index (χ0) is 19.4. The largest absolute Gasteiger partial charge is 0.466 e. The summed E-state index contributed by atoms with van der Waals surface area (Å²) in [6.45, 7) is 3.21. The summed E-state index contributed by atoms with van der Waals surface area (Å²) in [4.78, 5) is 12.0. The summed E-state index contributed by atoms with van der Waals surface area (Å²) in [5.41, 5.74) is 0.736. The highest BCUT2D eigenvalue weighted by atomic mass is 32.2. The standard InChI is InChI=1S/C18H25FN2O5S/c1-2-25-18(22)15-4-3-9-20(12-15)27(23,24)21-10-11-26-17(13-21)14-5-7-16(19)8-6-14/h5-8,15,17H,2-4,9-13H2,1H3/t15-,17+/m1/s1. The van der Waals surface area contributed by atoms with Gasteiger partial charge in [0.1, 0.15) is 5.82 Å². The van der Waals surface area contributed by atoms with Gasteiger partial charge in [0.05, 0.1) is 25.2 Å². The Bertz CT molecular complexity index is 756. The summed E-state index contributed by atoms with van der Waals surface area (Å²) in [5, 5.41) is 0. The van der Waals surface area contributed by atoms with Crippen LogP contribution in [0, 0.1) is 11.7 Å². The van der Waals surface area contributed by atoms with Crippen molar-refractivity contribution in [2.45, 2.75) is 25.9 Å². The highest BCUT2D eigenvalue weighted by Crippen LogP contribution is 2.27. The van der Waals surface area contributed by atoms with E-state index in [1.807, 2.05) is 0 Å². The highest BCUT2D eigenvalue weighted by Gasteiger charge is 2.38. The SMILES string of the molecule is CCOC(=O)[C@@H]1CCCN(S(=O)(=O)N2CCO[C@H](c3ccc(F)cc3)C2)C1. The van der Waals surface area contributed by atoms with Gasteiger partial charge in [0, 0.05) is 26.2 Å². The maximum atomic E-state index is 13.1. The second-order valence-corrected chi connectivity index (χ2v) is 8.65. The molecule has 0 radical (unpaired) electrons. The number of ether oxygens (including phenoxy) is 2. The Hall–Kier alpha value is -1.55. The summed E-state index contributed by atoms with van der Waals surface area (Å²) < 4.78 is 52.8. The number of benzene rings is 1. The van der Waals surface area contributed by atoms with Gasteiger partial charge in [-0.2, -0.15) is 17.0 Å². The Morgan fingerprint density at radius 2 is 1.93 bits per heavy atom. The van der Waals surface area contributed by atoms with E-state index in [4.69, 9.17) is 9.47 Å². The van der Waals surface area contributed by atoms with E-state index in [1.54, 1.807) is 19.1 Å². The molecule has 3 rings (SSSR count). The molecule has 0 aromatic heterocycles. The van der Waals surface area contributed by atoms with Crippen LogP contribution in [0.5, 0.6) is 0 Å². The lowest BCUT2D eigenvalue weighted by atomic mass is 10.0. The molecule has 2 fully saturated rings. The van der Waals surface area contributed by atoms with Crippen molar-refractivity contribution >= 4 is 16.2 Å². The predicted molar refractivity (Wildman–Crippen MR) is 96.5 cm³/mol. The normalized spacial score (nSPS) is 25.3. The van der Waals surface area contributed by atoms with E-state index in [1.165, 1.54) is 20.7 Å². The number of hydrogen-bond acceptors (Lipinski definition) is 5. The van der Waals surface area contributed by atoms with Gasteiger partial charge in [-0.1, -0.05) is 12.1 Å². The summed E-state index contributed by atoms with van der Waals surface area (Å²) in [7, 11) is -3.71. The van der Waals surface area contributed by atoms with Crippen LogP contribution >= 0.6 is 0 Å². The second kappa shape index (κ2) is 8.64. The van der Waals surface area contributed by atoms with Crippen LogP contribution < -0.4 is 0 Å². The fourth-order valence-electron chi connectivity index (χ4n) is 3.48. The molecule has 2 aliphatic rings. The van der Waals surface area contributed by atoms with Crippen molar-refractivity contribution in [3.63, 3.8) is 0 Å². The van der Waals surface area contributed by atoms with E-state index in [2.05, 4.69) is 0 Å². The third kappa shape index (κ3) is 4.66. The van der Waals surface area contributed by atoms with E-state index in [9.17, 15) is 17.6 Å². The summed E-state index contributed by atoms with van der Waals surface area (Å²) in [5.74, 6) is -1.12. The smallest absolute Gasteiger partial charge is 0.310 e. The predicted octanol–water partition coefficient (Wildman–Crippen LogP) is 1.72. The topological polar surface area (TPSA) is 76.2 Å². The van der Waals surface area contributed by atoms with Crippen LogP contribution in [0.25, 0.3) is 0 Å². The van der Waals surface area contributed by atoms with Crippen LogP contribution in [0.4, 0.5) is 4.39 Å². The fraction of sp³-hybridized carbons (Fsp3) is 0.611. The van der Waals surface area contributed by atoms with Gasteiger partial charge in [-0.3, -0.25) is 4.79 Å². The molecule has 0 spiro atoms. The van der Waals surface area contributed by atoms with Crippen LogP contribution in [0.15, 0.2) is 24.3 Å². The molecule has 7 nitrogen and oxygen atoms in total. The molecule has 0 saturated carbocycles. The molecular formula is C18H25FN2O5S. The first-order valence-corrected chi connectivity index (χ1v) is 10.6. The van der Waals surface area contributed by atoms with Crippen molar-refractivity contribution in [2.24, 2.45) is 5.92 Å². The first-order chi connectivity index (χ1) is 12.9. The van der Waals surface area contributed by atoms with E-state index in [0.29, 0.717) is 19.4 Å². The van der Waals surface area contributed by atoms with Crippen molar-refractivity contribution in [3.8, 4) is 0 Å². The quantitative estimate of drug-likeness (QED) is 0.704. The molecule has 2 heterocycles. The van der Waals surface area contributed by atoms with Crippen LogP contribution in [0.1, 0.15) is 31.4 Å². The maximum absolute atomic E-state index is 13.1. The van der Waals surface area contributed by atoms with Crippen LogP contribution in [0.2, 0.25) is 0 Å². The number of hydrogen-bond donors (Lipinski definition) is 0. The van der Waals surface area contributed by atoms with Gasteiger partial charge < -0.3 is 9.47 Å². The van der Waals surface area contributed by atoms with Gasteiger partial charge in [-0.15, -0.1) is 0 Å². The summed E-state index contributed by atoms with van der Waals surface area (Å²) >= 11 is 0. The number of nitrogens with zero attached hydrogens (tertiary/aromatic N) is 2. The van der Waals surface area contributed by atoms with Crippen molar-refractivity contribution in [1.82, 2.24) is 8.61 Å². The van der Waals surface area contributed by atoms with Gasteiger partial charge in [0.2, 0.25) is 0 Å². The van der Waals surface area contributed by atoms with Crippen LogP contribution in [-0.2, 0) is 24.5 Å². The van der Waals surface area contributed by atoms with E-state index in [0.717, 1.165) is 5.56 Å². The van der Waals surface area contributed by atoms with Gasteiger partial charge in [-0.05, 0) is 37.5 Å². The van der Waals surface area contributed by atoms with Crippen LogP contribution in [0.3, 0.4) is 0 Å². The van der Waals surface area contributed by atoms with Crippen molar-refractivity contribution in [1.29, 1.82) is 0 Å². The first-order valence-electron chi connectivity index (χ1n) is 9.20. The Morgan fingerprint density at radius 3 is 2.63 bits per heavy atom. The Kier molecular flexibility index (Phi) is 6.46. The molecule has 0 N–H and O–H groups in total. The molecule has 27 heavy (non-hydrogen) atoms. The number of morpholine rings is 1. The first kappa shape index (κ1) is 20.2. The Labute approximate surface area is 159 Å². The van der Waals surface area contributed by atoms with Gasteiger partial charge in [0.25, 0.3) is 10.2 Å². The molecule has 0 bridgehead atoms. The molecule has 2 atom stereocenters. The second-order valence-electron chi connectivity index (χ2n) is 6.73. The molecule has 1 aromatic rings. The lowest BCUT2D eigenvalue weighted by Crippen LogP contribution is -2.52. The fourth-order valence-corrected chi connectivity index (χ4v) is 5.17. The minimum atomic E-state index is -3.71. The monoisotopic (exact) mass is 400 g/mol.